The molecule has 0 aliphatic rings. The van der Waals surface area contributed by atoms with Crippen LogP contribution in [0.25, 0.3) is 0 Å². The van der Waals surface area contributed by atoms with Crippen LogP contribution in [0.2, 0.25) is 10.0 Å². The lowest BCUT2D eigenvalue weighted by Crippen LogP contribution is -2.25. The number of amides is 2. The van der Waals surface area contributed by atoms with Gasteiger partial charge >= 0.3 is 0 Å². The van der Waals surface area contributed by atoms with Crippen molar-refractivity contribution in [2.24, 2.45) is 0 Å². The minimum Gasteiger partial charge on any atom is -0.322 e. The summed E-state index contributed by atoms with van der Waals surface area (Å²) in [7, 11) is 0. The number of aromatic nitrogens is 1. The van der Waals surface area contributed by atoms with Gasteiger partial charge in [-0.25, -0.2) is 4.98 Å². The molecular weight excluding hydrogens is 441 g/mol. The van der Waals surface area contributed by atoms with Gasteiger partial charge in [0.15, 0.2) is 0 Å². The third-order valence-electron chi connectivity index (χ3n) is 4.13. The van der Waals surface area contributed by atoms with Gasteiger partial charge in [0.1, 0.15) is 5.82 Å². The average molecular weight is 460 g/mol. The number of nitrogens with zero attached hydrogens (tertiary/aromatic N) is 1. The van der Waals surface area contributed by atoms with E-state index in [9.17, 15) is 9.59 Å². The molecular formula is C22H19Cl2N3O2S. The van der Waals surface area contributed by atoms with E-state index in [1.807, 2.05) is 31.2 Å². The van der Waals surface area contributed by atoms with E-state index in [-0.39, 0.29) is 22.1 Å². The van der Waals surface area contributed by atoms with Gasteiger partial charge in [0.05, 0.1) is 15.8 Å². The highest BCUT2D eigenvalue weighted by Gasteiger charge is 2.19. The maximum Gasteiger partial charge on any atom is 0.257 e. The highest BCUT2D eigenvalue weighted by Crippen LogP contribution is 2.29. The average Bonchev–Trinajstić information content (AvgIpc) is 2.72. The molecule has 0 saturated carbocycles. The Morgan fingerprint density at radius 2 is 1.87 bits per heavy atom. The Hall–Kier alpha value is -2.54. The van der Waals surface area contributed by atoms with Crippen molar-refractivity contribution in [2.45, 2.75) is 23.5 Å². The summed E-state index contributed by atoms with van der Waals surface area (Å²) in [6.07, 6.45) is 2.27. The van der Waals surface area contributed by atoms with Gasteiger partial charge in [-0.2, -0.15) is 0 Å². The van der Waals surface area contributed by atoms with Gasteiger partial charge in [0, 0.05) is 21.8 Å². The van der Waals surface area contributed by atoms with Gasteiger partial charge in [-0.15, -0.1) is 11.8 Å². The normalized spacial score (nSPS) is 11.6. The molecule has 0 fully saturated rings. The molecule has 0 aliphatic heterocycles. The first-order valence-corrected chi connectivity index (χ1v) is 10.8. The fourth-order valence-corrected chi connectivity index (χ4v) is 4.16. The SMILES string of the molecule is CCC(Sc1cccc(NC(=O)c2ccc(Cl)cc2Cl)c1)C(=O)Nc1ccccn1. The van der Waals surface area contributed by atoms with Crippen molar-refractivity contribution in [2.75, 3.05) is 10.6 Å². The van der Waals surface area contributed by atoms with Crippen molar-refractivity contribution >= 4 is 58.3 Å². The van der Waals surface area contributed by atoms with E-state index in [1.165, 1.54) is 17.8 Å². The van der Waals surface area contributed by atoms with Crippen LogP contribution in [0, 0.1) is 0 Å². The van der Waals surface area contributed by atoms with Gasteiger partial charge in [-0.1, -0.05) is 42.3 Å². The van der Waals surface area contributed by atoms with Crippen molar-refractivity contribution in [3.63, 3.8) is 0 Å². The molecule has 1 atom stereocenters. The summed E-state index contributed by atoms with van der Waals surface area (Å²) in [4.78, 5) is 30.1. The van der Waals surface area contributed by atoms with E-state index in [0.717, 1.165) is 4.90 Å². The Morgan fingerprint density at radius 1 is 1.03 bits per heavy atom. The molecule has 0 bridgehead atoms. The van der Waals surface area contributed by atoms with E-state index < -0.39 is 0 Å². The summed E-state index contributed by atoms with van der Waals surface area (Å²) in [5.41, 5.74) is 0.941. The molecule has 1 unspecified atom stereocenters. The summed E-state index contributed by atoms with van der Waals surface area (Å²) < 4.78 is 0. The molecule has 3 rings (SSSR count). The predicted octanol–water partition coefficient (Wildman–Crippen LogP) is 6.15. The van der Waals surface area contributed by atoms with Crippen LogP contribution in [0.15, 0.2) is 71.8 Å². The van der Waals surface area contributed by atoms with Crippen LogP contribution in [0.1, 0.15) is 23.7 Å². The lowest BCUT2D eigenvalue weighted by Gasteiger charge is -2.15. The first-order valence-electron chi connectivity index (χ1n) is 9.21. The van der Waals surface area contributed by atoms with Crippen LogP contribution in [-0.4, -0.2) is 22.0 Å². The molecule has 0 spiro atoms. The highest BCUT2D eigenvalue weighted by atomic mass is 35.5. The molecule has 2 aromatic carbocycles. The Labute approximate surface area is 189 Å². The van der Waals surface area contributed by atoms with Crippen LogP contribution < -0.4 is 10.6 Å². The van der Waals surface area contributed by atoms with E-state index in [2.05, 4.69) is 15.6 Å². The van der Waals surface area contributed by atoms with Crippen LogP contribution in [0.5, 0.6) is 0 Å². The third-order valence-corrected chi connectivity index (χ3v) is 6.03. The van der Waals surface area contributed by atoms with E-state index in [1.54, 1.807) is 36.5 Å². The third kappa shape index (κ3) is 5.98. The zero-order chi connectivity index (χ0) is 21.5. The number of nitrogens with one attached hydrogen (secondary N) is 2. The second-order valence-corrected chi connectivity index (χ2v) is 8.44. The Balaban J connectivity index is 1.68. The molecule has 3 aromatic rings. The molecule has 0 saturated heterocycles. The number of carbonyl (C=O) groups is 2. The van der Waals surface area contributed by atoms with E-state index >= 15 is 0 Å². The van der Waals surface area contributed by atoms with Crippen LogP contribution in [0.3, 0.4) is 0 Å². The Bertz CT molecular complexity index is 1050. The topological polar surface area (TPSA) is 71.1 Å². The van der Waals surface area contributed by atoms with Crippen molar-refractivity contribution in [3.8, 4) is 0 Å². The van der Waals surface area contributed by atoms with Gasteiger partial charge in [0.25, 0.3) is 5.91 Å². The largest absolute Gasteiger partial charge is 0.322 e. The maximum absolute atomic E-state index is 12.6. The standard InChI is InChI=1S/C22H19Cl2N3O2S/c1-2-19(22(29)27-20-8-3-4-11-25-20)30-16-7-5-6-15(13-16)26-21(28)17-10-9-14(23)12-18(17)24/h3-13,19H,2H2,1H3,(H,26,28)(H,25,27,29). The lowest BCUT2D eigenvalue weighted by molar-refractivity contribution is -0.115. The van der Waals surface area contributed by atoms with Gasteiger partial charge < -0.3 is 10.6 Å². The molecule has 8 heteroatoms. The molecule has 1 aromatic heterocycles. The number of rotatable bonds is 7. The van der Waals surface area contributed by atoms with Gasteiger partial charge in [-0.05, 0) is 55.0 Å². The number of anilines is 2. The molecule has 0 radical (unpaired) electrons. The Morgan fingerprint density at radius 3 is 2.57 bits per heavy atom. The molecule has 30 heavy (non-hydrogen) atoms. The minimum absolute atomic E-state index is 0.122. The monoisotopic (exact) mass is 459 g/mol. The summed E-state index contributed by atoms with van der Waals surface area (Å²) in [5.74, 6) is 0.0599. The number of carbonyl (C=O) groups excluding carboxylic acids is 2. The van der Waals surface area contributed by atoms with Crippen LogP contribution in [0.4, 0.5) is 11.5 Å². The van der Waals surface area contributed by atoms with Crippen molar-refractivity contribution in [1.82, 2.24) is 4.98 Å². The molecule has 2 N–H and O–H groups in total. The summed E-state index contributed by atoms with van der Waals surface area (Å²) in [6, 6.07) is 17.4. The number of thioether (sulfide) groups is 1. The zero-order valence-corrected chi connectivity index (χ0v) is 18.4. The van der Waals surface area contributed by atoms with E-state index in [4.69, 9.17) is 23.2 Å². The molecule has 2 amide bonds. The number of halogens is 2. The summed E-state index contributed by atoms with van der Waals surface area (Å²) in [6.45, 7) is 1.95. The smallest absolute Gasteiger partial charge is 0.257 e. The van der Waals surface area contributed by atoms with Gasteiger partial charge in [-0.3, -0.25) is 9.59 Å². The summed E-state index contributed by atoms with van der Waals surface area (Å²) in [5, 5.41) is 6.10. The number of pyridine rings is 1. The summed E-state index contributed by atoms with van der Waals surface area (Å²) >= 11 is 13.4. The van der Waals surface area contributed by atoms with Crippen molar-refractivity contribution in [3.05, 3.63) is 82.5 Å². The highest BCUT2D eigenvalue weighted by molar-refractivity contribution is 8.00. The minimum atomic E-state index is -0.334. The predicted molar refractivity (Wildman–Crippen MR) is 124 cm³/mol. The lowest BCUT2D eigenvalue weighted by atomic mass is 10.2. The first-order chi connectivity index (χ1) is 14.5. The van der Waals surface area contributed by atoms with Crippen LogP contribution in [-0.2, 0) is 4.79 Å². The Kier molecular flexibility index (Phi) is 7.74. The fourth-order valence-electron chi connectivity index (χ4n) is 2.65. The van der Waals surface area contributed by atoms with Gasteiger partial charge in [0.2, 0.25) is 5.91 Å². The quantitative estimate of drug-likeness (QED) is 0.415. The van der Waals surface area contributed by atoms with Crippen molar-refractivity contribution in [1.29, 1.82) is 0 Å². The second kappa shape index (κ2) is 10.5. The van der Waals surface area contributed by atoms with Crippen LogP contribution >= 0.6 is 35.0 Å². The zero-order valence-electron chi connectivity index (χ0n) is 16.1. The fraction of sp³-hybridized carbons (Fsp3) is 0.136. The molecule has 0 aliphatic carbocycles. The molecule has 154 valence electrons. The van der Waals surface area contributed by atoms with E-state index in [0.29, 0.717) is 28.5 Å². The van der Waals surface area contributed by atoms with Crippen molar-refractivity contribution < 1.29 is 9.59 Å². The number of benzene rings is 2. The first kappa shape index (κ1) is 22.2. The second-order valence-electron chi connectivity index (χ2n) is 6.33. The maximum atomic E-state index is 12.6. The molecule has 5 nitrogen and oxygen atoms in total. The number of hydrogen-bond donors (Lipinski definition) is 2. The molecule has 1 heterocycles. The number of hydrogen-bond acceptors (Lipinski definition) is 4.